The van der Waals surface area contributed by atoms with E-state index in [1.165, 1.54) is 0 Å². The summed E-state index contributed by atoms with van der Waals surface area (Å²) in [5.41, 5.74) is 1.12. The smallest absolute Gasteiger partial charge is 0.151 e. The fourth-order valence-electron chi connectivity index (χ4n) is 2.04. The Bertz CT molecular complexity index is 274. The van der Waals surface area contributed by atoms with E-state index >= 15 is 0 Å². The van der Waals surface area contributed by atoms with E-state index in [0.717, 1.165) is 11.3 Å². The number of rotatable bonds is 0. The maximum atomic E-state index is 11.7. The van der Waals surface area contributed by atoms with E-state index in [1.54, 1.807) is 11.8 Å². The number of aliphatic hydroxyl groups excluding tert-OH is 1. The van der Waals surface area contributed by atoms with Crippen molar-refractivity contribution in [2.75, 3.05) is 5.75 Å². The molecule has 0 aromatic heterocycles. The molecule has 0 amide bonds. The number of hydrogen-bond acceptors (Lipinski definition) is 3. The summed E-state index contributed by atoms with van der Waals surface area (Å²) in [6.45, 7) is 5.83. The Morgan fingerprint density at radius 2 is 2.38 bits per heavy atom. The molecular formula is C10H14O2S. The number of hydrogen-bond donors (Lipinski definition) is 1. The quantitative estimate of drug-likeness (QED) is 0.598. The van der Waals surface area contributed by atoms with Gasteiger partial charge in [-0.25, -0.2) is 0 Å². The van der Waals surface area contributed by atoms with E-state index in [-0.39, 0.29) is 11.7 Å². The van der Waals surface area contributed by atoms with Crippen molar-refractivity contribution in [2.24, 2.45) is 5.92 Å². The molecule has 0 unspecified atom stereocenters. The Morgan fingerprint density at radius 1 is 1.69 bits per heavy atom. The van der Waals surface area contributed by atoms with E-state index in [4.69, 9.17) is 0 Å². The van der Waals surface area contributed by atoms with Gasteiger partial charge in [-0.3, -0.25) is 4.79 Å². The number of carbonyl (C=O) groups excluding carboxylic acids is 1. The standard InChI is InChI=1S/C10H14O2S/c1-6-5-13-10(2)8(11)3-7(6)4-9(10)12/h7-8,11H,1,3-5H2,2H3/t7-,8-,10+/m1/s1. The molecule has 3 rings (SSSR count). The molecule has 2 saturated heterocycles. The SMILES string of the molecule is C=C1CS[C@]2(C)C(=O)C[C@H]1C[C@H]2O. The Kier molecular flexibility index (Phi) is 2.04. The molecule has 13 heavy (non-hydrogen) atoms. The summed E-state index contributed by atoms with van der Waals surface area (Å²) in [5.74, 6) is 1.25. The second-order valence-corrected chi connectivity index (χ2v) is 5.56. The molecule has 3 atom stereocenters. The predicted octanol–water partition coefficient (Wildman–Crippen LogP) is 1.39. The van der Waals surface area contributed by atoms with Crippen LogP contribution < -0.4 is 0 Å². The third-order valence-electron chi connectivity index (χ3n) is 3.26. The van der Waals surface area contributed by atoms with Crippen LogP contribution in [0.25, 0.3) is 0 Å². The van der Waals surface area contributed by atoms with Crippen LogP contribution in [0.2, 0.25) is 0 Å². The third-order valence-corrected chi connectivity index (χ3v) is 4.88. The summed E-state index contributed by atoms with van der Waals surface area (Å²) in [4.78, 5) is 11.7. The van der Waals surface area contributed by atoms with Gasteiger partial charge in [0.05, 0.1) is 10.9 Å². The van der Waals surface area contributed by atoms with Crippen molar-refractivity contribution in [2.45, 2.75) is 30.6 Å². The minimum atomic E-state index is -0.560. The zero-order chi connectivity index (χ0) is 9.64. The molecule has 0 aromatic carbocycles. The second-order valence-electron chi connectivity index (χ2n) is 4.13. The molecule has 0 aromatic rings. The van der Waals surface area contributed by atoms with Crippen LogP contribution >= 0.6 is 11.8 Å². The zero-order valence-electron chi connectivity index (χ0n) is 7.75. The van der Waals surface area contributed by atoms with Crippen molar-refractivity contribution < 1.29 is 9.90 Å². The summed E-state index contributed by atoms with van der Waals surface area (Å²) in [6.07, 6.45) is 0.816. The van der Waals surface area contributed by atoms with Crippen LogP contribution in [-0.2, 0) is 4.79 Å². The van der Waals surface area contributed by atoms with Gasteiger partial charge in [-0.1, -0.05) is 12.2 Å². The number of thioether (sulfide) groups is 1. The van der Waals surface area contributed by atoms with Gasteiger partial charge in [-0.05, 0) is 19.3 Å². The van der Waals surface area contributed by atoms with Gasteiger partial charge >= 0.3 is 0 Å². The number of fused-ring (bicyclic) bond motifs is 4. The highest BCUT2D eigenvalue weighted by Crippen LogP contribution is 2.46. The van der Waals surface area contributed by atoms with E-state index in [2.05, 4.69) is 6.58 Å². The van der Waals surface area contributed by atoms with E-state index in [0.29, 0.717) is 12.8 Å². The van der Waals surface area contributed by atoms with Crippen molar-refractivity contribution >= 4 is 17.5 Å². The lowest BCUT2D eigenvalue weighted by Gasteiger charge is -2.35. The third kappa shape index (κ3) is 1.25. The summed E-state index contributed by atoms with van der Waals surface area (Å²) >= 11 is 1.55. The van der Waals surface area contributed by atoms with Gasteiger partial charge in [0.25, 0.3) is 0 Å². The van der Waals surface area contributed by atoms with Gasteiger partial charge in [-0.2, -0.15) is 0 Å². The molecule has 3 aliphatic rings. The maximum absolute atomic E-state index is 11.7. The van der Waals surface area contributed by atoms with Crippen LogP contribution in [0.5, 0.6) is 0 Å². The lowest BCUT2D eigenvalue weighted by Crippen LogP contribution is -2.47. The van der Waals surface area contributed by atoms with E-state index < -0.39 is 10.9 Å². The summed E-state index contributed by atoms with van der Waals surface area (Å²) in [5, 5.41) is 9.84. The van der Waals surface area contributed by atoms with Gasteiger partial charge in [0.15, 0.2) is 5.78 Å². The molecule has 0 radical (unpaired) electrons. The first-order valence-electron chi connectivity index (χ1n) is 4.57. The average molecular weight is 198 g/mol. The Balaban J connectivity index is 2.38. The van der Waals surface area contributed by atoms with Gasteiger partial charge in [-0.15, -0.1) is 11.8 Å². The molecule has 1 N–H and O–H groups in total. The highest BCUT2D eigenvalue weighted by molar-refractivity contribution is 8.01. The van der Waals surface area contributed by atoms with Crippen LogP contribution in [-0.4, -0.2) is 27.5 Å². The minimum absolute atomic E-state index is 0.194. The van der Waals surface area contributed by atoms with Crippen molar-refractivity contribution in [3.63, 3.8) is 0 Å². The van der Waals surface area contributed by atoms with Gasteiger partial charge in [0.2, 0.25) is 0 Å². The molecule has 3 fully saturated rings. The van der Waals surface area contributed by atoms with Crippen LogP contribution in [0.15, 0.2) is 12.2 Å². The number of ketones is 1. The highest BCUT2D eigenvalue weighted by Gasteiger charge is 2.49. The highest BCUT2D eigenvalue weighted by atomic mass is 32.2. The Labute approximate surface area is 82.4 Å². The first-order chi connectivity index (χ1) is 6.04. The average Bonchev–Trinajstić information content (AvgIpc) is 2.23. The van der Waals surface area contributed by atoms with Crippen LogP contribution in [0.3, 0.4) is 0 Å². The van der Waals surface area contributed by atoms with Gasteiger partial charge in [0.1, 0.15) is 0 Å². The number of Topliss-reactive ketones (excluding diaryl/α,β-unsaturated/α-hetero) is 1. The predicted molar refractivity (Wildman–Crippen MR) is 53.7 cm³/mol. The van der Waals surface area contributed by atoms with Crippen LogP contribution in [0, 0.1) is 5.92 Å². The maximum Gasteiger partial charge on any atom is 0.151 e. The van der Waals surface area contributed by atoms with Crippen LogP contribution in [0.4, 0.5) is 0 Å². The molecule has 2 heterocycles. The van der Waals surface area contributed by atoms with Crippen molar-refractivity contribution in [3.05, 3.63) is 12.2 Å². The largest absolute Gasteiger partial charge is 0.391 e. The molecule has 0 spiro atoms. The first kappa shape index (κ1) is 9.28. The fourth-order valence-corrected chi connectivity index (χ4v) is 3.29. The molecule has 2 nitrogen and oxygen atoms in total. The second kappa shape index (κ2) is 2.85. The number of aliphatic hydroxyl groups is 1. The number of carbonyl (C=O) groups is 1. The summed E-state index contributed by atoms with van der Waals surface area (Å²) in [7, 11) is 0. The molecular weight excluding hydrogens is 184 g/mol. The van der Waals surface area contributed by atoms with Crippen molar-refractivity contribution in [1.29, 1.82) is 0 Å². The summed E-state index contributed by atoms with van der Waals surface area (Å²) in [6, 6.07) is 0. The van der Waals surface area contributed by atoms with Crippen LogP contribution in [0.1, 0.15) is 19.8 Å². The molecule has 2 bridgehead atoms. The lowest BCUT2D eigenvalue weighted by atomic mass is 9.77. The van der Waals surface area contributed by atoms with Gasteiger partial charge < -0.3 is 5.11 Å². The molecule has 1 saturated carbocycles. The monoisotopic (exact) mass is 198 g/mol. The molecule has 2 aliphatic heterocycles. The summed E-state index contributed by atoms with van der Waals surface area (Å²) < 4.78 is -0.560. The molecule has 1 aliphatic carbocycles. The fraction of sp³-hybridized carbons (Fsp3) is 0.700. The van der Waals surface area contributed by atoms with Crippen molar-refractivity contribution in [3.8, 4) is 0 Å². The van der Waals surface area contributed by atoms with E-state index in [9.17, 15) is 9.90 Å². The topological polar surface area (TPSA) is 37.3 Å². The van der Waals surface area contributed by atoms with E-state index in [1.807, 2.05) is 6.92 Å². The Hall–Kier alpha value is -0.280. The zero-order valence-corrected chi connectivity index (χ0v) is 8.56. The molecule has 72 valence electrons. The lowest BCUT2D eigenvalue weighted by molar-refractivity contribution is -0.127. The van der Waals surface area contributed by atoms with Crippen molar-refractivity contribution in [1.82, 2.24) is 0 Å². The molecule has 3 heteroatoms. The normalized spacial score (nSPS) is 45.1. The first-order valence-corrected chi connectivity index (χ1v) is 5.55. The van der Waals surface area contributed by atoms with Gasteiger partial charge in [0, 0.05) is 12.2 Å². The minimum Gasteiger partial charge on any atom is -0.391 e. The Morgan fingerprint density at radius 3 is 3.00 bits per heavy atom.